The molecule has 0 fully saturated rings. The fourth-order valence-corrected chi connectivity index (χ4v) is 2.98. The Hall–Kier alpha value is -2.54. The monoisotopic (exact) mass is 359 g/mol. The van der Waals surface area contributed by atoms with Gasteiger partial charge in [0.2, 0.25) is 0 Å². The van der Waals surface area contributed by atoms with Gasteiger partial charge in [-0.2, -0.15) is 5.26 Å². The van der Waals surface area contributed by atoms with E-state index in [1.54, 1.807) is 12.1 Å². The Morgan fingerprint density at radius 1 is 1.12 bits per heavy atom. The van der Waals surface area contributed by atoms with Gasteiger partial charge < -0.3 is 30.1 Å². The van der Waals surface area contributed by atoms with Crippen LogP contribution in [0.3, 0.4) is 0 Å². The summed E-state index contributed by atoms with van der Waals surface area (Å²) in [6, 6.07) is 5.42. The normalized spacial score (nSPS) is 11.2. The van der Waals surface area contributed by atoms with Crippen LogP contribution in [0.1, 0.15) is 33.6 Å². The molecule has 0 saturated carbocycles. The fraction of sp³-hybridized carbons (Fsp3) is 0.333. The molecule has 8 nitrogen and oxygen atoms in total. The van der Waals surface area contributed by atoms with E-state index in [0.717, 1.165) is 0 Å². The van der Waals surface area contributed by atoms with Gasteiger partial charge in [-0.25, -0.2) is 0 Å². The molecule has 8 heteroatoms. The summed E-state index contributed by atoms with van der Waals surface area (Å²) in [6.07, 6.45) is 1.40. The number of nitrogens with one attached hydrogen (secondary N) is 1. The summed E-state index contributed by atoms with van der Waals surface area (Å²) in [6.45, 7) is -1.27. The molecule has 0 radical (unpaired) electrons. The van der Waals surface area contributed by atoms with Crippen LogP contribution in [-0.2, 0) is 31.2 Å². The molecule has 0 aliphatic carbocycles. The molecular weight excluding hydrogens is 338 g/mol. The summed E-state index contributed by atoms with van der Waals surface area (Å²) in [7, 11) is 1.50. The molecule has 0 aliphatic heterocycles. The lowest BCUT2D eigenvalue weighted by atomic mass is 9.90. The van der Waals surface area contributed by atoms with Crippen molar-refractivity contribution < 1.29 is 25.2 Å². The molecule has 26 heavy (non-hydrogen) atoms. The van der Waals surface area contributed by atoms with Crippen molar-refractivity contribution in [3.8, 4) is 17.2 Å². The molecule has 0 amide bonds. The second-order valence-corrected chi connectivity index (χ2v) is 5.47. The molecule has 5 N–H and O–H groups in total. The van der Waals surface area contributed by atoms with E-state index in [4.69, 9.17) is 9.84 Å². The third-order valence-corrected chi connectivity index (χ3v) is 4.12. The quantitative estimate of drug-likeness (QED) is 0.436. The minimum absolute atomic E-state index is 0.142. The zero-order valence-electron chi connectivity index (χ0n) is 14.4. The van der Waals surface area contributed by atoms with Crippen molar-refractivity contribution in [1.82, 2.24) is 4.98 Å². The van der Waals surface area contributed by atoms with Gasteiger partial charge in [0, 0.05) is 24.5 Å². The number of methoxy groups -OCH3 is 1. The average Bonchev–Trinajstić information content (AvgIpc) is 3.02. The second-order valence-electron chi connectivity index (χ2n) is 5.47. The van der Waals surface area contributed by atoms with E-state index in [1.165, 1.54) is 13.3 Å². The highest BCUT2D eigenvalue weighted by molar-refractivity contribution is 5.92. The van der Waals surface area contributed by atoms with Crippen molar-refractivity contribution in [1.29, 1.82) is 5.26 Å². The number of hydrogen-bond donors (Lipinski definition) is 5. The number of rotatable bonds is 8. The summed E-state index contributed by atoms with van der Waals surface area (Å²) in [4.78, 5) is 6.75. The topological polar surface area (TPSA) is 142 Å². The minimum atomic E-state index is -0.418. The van der Waals surface area contributed by atoms with Gasteiger partial charge in [-0.15, -0.1) is 0 Å². The molecule has 2 aromatic rings. The number of nitrogens with zero attached hydrogens (tertiary/aromatic N) is 2. The lowest BCUT2D eigenvalue weighted by Crippen LogP contribution is -2.05. The third kappa shape index (κ3) is 3.67. The summed E-state index contributed by atoms with van der Waals surface area (Å²) < 4.78 is 5.21. The summed E-state index contributed by atoms with van der Waals surface area (Å²) in [5.74, 6) is 0. The Balaban J connectivity index is 2.84. The first-order valence-corrected chi connectivity index (χ1v) is 7.87. The van der Waals surface area contributed by atoms with Gasteiger partial charge in [0.15, 0.2) is 0 Å². The molecule has 0 unspecified atom stereocenters. The van der Waals surface area contributed by atoms with Gasteiger partial charge in [0.05, 0.1) is 32.1 Å². The highest BCUT2D eigenvalue weighted by Gasteiger charge is 2.22. The maximum Gasteiger partial charge on any atom is 0.134 e. The highest BCUT2D eigenvalue weighted by atomic mass is 16.5. The summed E-state index contributed by atoms with van der Waals surface area (Å²) in [5.41, 5.74) is 3.88. The van der Waals surface area contributed by atoms with Crippen molar-refractivity contribution in [2.45, 2.75) is 26.4 Å². The van der Waals surface area contributed by atoms with E-state index in [1.807, 2.05) is 0 Å². The van der Waals surface area contributed by atoms with Crippen LogP contribution < -0.4 is 0 Å². The van der Waals surface area contributed by atoms with Crippen LogP contribution in [-0.4, -0.2) is 45.5 Å². The van der Waals surface area contributed by atoms with Crippen LogP contribution in [0.25, 0.3) is 11.1 Å². The SMILES string of the molecule is COCc1c(C#N)[nH]c(C=NCO)c1-c1ccc(CO)c(CO)c1CO. The third-order valence-electron chi connectivity index (χ3n) is 4.12. The van der Waals surface area contributed by atoms with Crippen molar-refractivity contribution in [2.24, 2.45) is 4.99 Å². The molecular formula is C18H21N3O5. The number of ether oxygens (including phenoxy) is 1. The smallest absolute Gasteiger partial charge is 0.134 e. The van der Waals surface area contributed by atoms with Gasteiger partial charge in [0.1, 0.15) is 18.5 Å². The van der Waals surface area contributed by atoms with E-state index in [2.05, 4.69) is 16.0 Å². The number of nitriles is 1. The molecule has 0 spiro atoms. The van der Waals surface area contributed by atoms with Crippen LogP contribution in [0.2, 0.25) is 0 Å². The van der Waals surface area contributed by atoms with Crippen molar-refractivity contribution in [3.05, 3.63) is 45.8 Å². The maximum atomic E-state index is 9.89. The first kappa shape index (κ1) is 19.8. The lowest BCUT2D eigenvalue weighted by Gasteiger charge is -2.16. The van der Waals surface area contributed by atoms with Gasteiger partial charge >= 0.3 is 0 Å². The molecule has 0 aliphatic rings. The molecule has 0 bridgehead atoms. The lowest BCUT2D eigenvalue weighted by molar-refractivity contribution is 0.185. The Morgan fingerprint density at radius 3 is 2.38 bits per heavy atom. The van der Waals surface area contributed by atoms with E-state index >= 15 is 0 Å². The predicted octanol–water partition coefficient (Wildman–Crippen LogP) is 0.545. The molecule has 138 valence electrons. The summed E-state index contributed by atoms with van der Waals surface area (Å²) in [5, 5.41) is 47.4. The molecule has 0 saturated heterocycles. The zero-order valence-corrected chi connectivity index (χ0v) is 14.4. The number of aromatic nitrogens is 1. The largest absolute Gasteiger partial charge is 0.392 e. The van der Waals surface area contributed by atoms with E-state index in [0.29, 0.717) is 39.1 Å². The minimum Gasteiger partial charge on any atom is -0.392 e. The number of aromatic amines is 1. The molecule has 1 heterocycles. The average molecular weight is 359 g/mol. The van der Waals surface area contributed by atoms with Crippen LogP contribution in [0.4, 0.5) is 0 Å². The van der Waals surface area contributed by atoms with Gasteiger partial charge in [0.25, 0.3) is 0 Å². The van der Waals surface area contributed by atoms with Gasteiger partial charge in [-0.1, -0.05) is 12.1 Å². The van der Waals surface area contributed by atoms with E-state index in [-0.39, 0.29) is 32.1 Å². The maximum absolute atomic E-state index is 9.89. The second kappa shape index (κ2) is 9.24. The number of aliphatic imine (C=N–C) groups is 1. The Morgan fingerprint density at radius 2 is 1.85 bits per heavy atom. The Bertz CT molecular complexity index is 836. The molecule has 2 rings (SSSR count). The first-order chi connectivity index (χ1) is 12.7. The van der Waals surface area contributed by atoms with Crippen molar-refractivity contribution in [3.63, 3.8) is 0 Å². The number of hydrogen-bond acceptors (Lipinski definition) is 7. The van der Waals surface area contributed by atoms with Crippen LogP contribution >= 0.6 is 0 Å². The predicted molar refractivity (Wildman–Crippen MR) is 94.1 cm³/mol. The number of aliphatic hydroxyl groups excluding tert-OH is 4. The fourth-order valence-electron chi connectivity index (χ4n) is 2.98. The van der Waals surface area contributed by atoms with Crippen LogP contribution in [0.15, 0.2) is 17.1 Å². The Kier molecular flexibility index (Phi) is 7.03. The zero-order chi connectivity index (χ0) is 19.1. The van der Waals surface area contributed by atoms with Crippen LogP contribution in [0.5, 0.6) is 0 Å². The number of aliphatic hydroxyl groups is 4. The molecule has 1 aromatic carbocycles. The van der Waals surface area contributed by atoms with Gasteiger partial charge in [-0.3, -0.25) is 4.99 Å². The number of H-pyrrole nitrogens is 1. The molecule has 1 aromatic heterocycles. The van der Waals surface area contributed by atoms with E-state index < -0.39 is 6.73 Å². The first-order valence-electron chi connectivity index (χ1n) is 7.87. The Labute approximate surface area is 150 Å². The highest BCUT2D eigenvalue weighted by Crippen LogP contribution is 2.35. The van der Waals surface area contributed by atoms with E-state index in [9.17, 15) is 20.6 Å². The van der Waals surface area contributed by atoms with Gasteiger partial charge in [-0.05, 0) is 22.3 Å². The summed E-state index contributed by atoms with van der Waals surface area (Å²) >= 11 is 0. The molecule has 0 atom stereocenters. The number of benzene rings is 1. The van der Waals surface area contributed by atoms with Crippen molar-refractivity contribution >= 4 is 6.21 Å². The van der Waals surface area contributed by atoms with Crippen LogP contribution in [0, 0.1) is 11.3 Å². The standard InChI is InChI=1S/C18H21N3O5/c1-26-9-15-16(4-19)21-17(5-20-10-25)18(15)12-3-2-11(6-22)13(7-23)14(12)8-24/h2-3,5,21-25H,6-10H2,1H3. The van der Waals surface area contributed by atoms with Crippen molar-refractivity contribution in [2.75, 3.05) is 13.8 Å².